The van der Waals surface area contributed by atoms with Crippen LogP contribution in [0.5, 0.6) is 0 Å². The first-order chi connectivity index (χ1) is 7.85. The highest BCUT2D eigenvalue weighted by Crippen LogP contribution is 2.47. The van der Waals surface area contributed by atoms with Crippen molar-refractivity contribution >= 4 is 0 Å². The van der Waals surface area contributed by atoms with Gasteiger partial charge >= 0.3 is 0 Å². The van der Waals surface area contributed by atoms with Gasteiger partial charge in [-0.25, -0.2) is 4.98 Å². The number of aryl methyl sites for hydroxylation is 1. The number of aromatic nitrogens is 2. The van der Waals surface area contributed by atoms with Crippen LogP contribution in [-0.2, 0) is 19.4 Å². The lowest BCUT2D eigenvalue weighted by molar-refractivity contribution is 0.560. The van der Waals surface area contributed by atoms with Gasteiger partial charge in [-0.1, -0.05) is 20.3 Å². The van der Waals surface area contributed by atoms with Gasteiger partial charge < -0.3 is 9.88 Å². The number of rotatable bonds is 3. The molecule has 1 aromatic rings. The third-order valence-corrected chi connectivity index (χ3v) is 4.05. The minimum atomic E-state index is 0.772. The van der Waals surface area contributed by atoms with Crippen molar-refractivity contribution in [3.63, 3.8) is 0 Å². The predicted molar refractivity (Wildman–Crippen MR) is 64.5 cm³/mol. The van der Waals surface area contributed by atoms with Crippen molar-refractivity contribution in [2.45, 2.75) is 52.1 Å². The molecule has 1 aliphatic carbocycles. The van der Waals surface area contributed by atoms with Crippen molar-refractivity contribution in [2.75, 3.05) is 6.54 Å². The van der Waals surface area contributed by atoms with Gasteiger partial charge in [0, 0.05) is 37.7 Å². The van der Waals surface area contributed by atoms with Gasteiger partial charge in [0.1, 0.15) is 5.82 Å². The van der Waals surface area contributed by atoms with Gasteiger partial charge in [0.2, 0.25) is 0 Å². The fourth-order valence-corrected chi connectivity index (χ4v) is 3.02. The van der Waals surface area contributed by atoms with Crippen LogP contribution in [0.4, 0.5) is 0 Å². The molecule has 0 bridgehead atoms. The van der Waals surface area contributed by atoms with Gasteiger partial charge in [0.05, 0.1) is 5.69 Å². The number of hydrogen-bond donors (Lipinski definition) is 1. The van der Waals surface area contributed by atoms with E-state index in [1.807, 2.05) is 0 Å². The van der Waals surface area contributed by atoms with Crippen molar-refractivity contribution < 1.29 is 0 Å². The summed E-state index contributed by atoms with van der Waals surface area (Å²) in [4.78, 5) is 4.80. The van der Waals surface area contributed by atoms with E-state index < -0.39 is 0 Å². The second-order valence-electron chi connectivity index (χ2n) is 5.04. The molecule has 88 valence electrons. The van der Waals surface area contributed by atoms with E-state index >= 15 is 0 Å². The second-order valence-corrected chi connectivity index (χ2v) is 5.04. The normalized spacial score (nSPS) is 27.9. The third-order valence-electron chi connectivity index (χ3n) is 4.05. The fourth-order valence-electron chi connectivity index (χ4n) is 3.02. The molecule has 3 heteroatoms. The lowest BCUT2D eigenvalue weighted by Crippen LogP contribution is -2.25. The van der Waals surface area contributed by atoms with E-state index in [4.69, 9.17) is 4.98 Å². The largest absolute Gasteiger partial charge is 0.328 e. The van der Waals surface area contributed by atoms with E-state index in [2.05, 4.69) is 23.7 Å². The Morgan fingerprint density at radius 1 is 1.44 bits per heavy atom. The van der Waals surface area contributed by atoms with E-state index in [-0.39, 0.29) is 0 Å². The molecule has 0 radical (unpaired) electrons. The van der Waals surface area contributed by atoms with Crippen LogP contribution in [0.1, 0.15) is 49.9 Å². The molecule has 0 amide bonds. The molecule has 16 heavy (non-hydrogen) atoms. The number of hydrogen-bond acceptors (Lipinski definition) is 2. The summed E-state index contributed by atoms with van der Waals surface area (Å²) in [5, 5.41) is 3.41. The summed E-state index contributed by atoms with van der Waals surface area (Å²) >= 11 is 0. The zero-order valence-corrected chi connectivity index (χ0v) is 10.3. The molecule has 1 fully saturated rings. The lowest BCUT2D eigenvalue weighted by atomic mass is 10.2. The van der Waals surface area contributed by atoms with Crippen LogP contribution in [0.25, 0.3) is 0 Å². The molecule has 0 aromatic carbocycles. The molecule has 2 aliphatic rings. The fraction of sp³-hybridized carbons (Fsp3) is 0.769. The molecule has 3 nitrogen and oxygen atoms in total. The minimum Gasteiger partial charge on any atom is -0.328 e. The monoisotopic (exact) mass is 219 g/mol. The summed E-state index contributed by atoms with van der Waals surface area (Å²) in [5.74, 6) is 2.23. The SMILES string of the molecule is CCc1nc2c(n1C1CC1CC)CCNC2. The summed E-state index contributed by atoms with van der Waals surface area (Å²) in [5.41, 5.74) is 2.83. The smallest absolute Gasteiger partial charge is 0.109 e. The van der Waals surface area contributed by atoms with Gasteiger partial charge in [0.25, 0.3) is 0 Å². The van der Waals surface area contributed by atoms with Gasteiger partial charge in [-0.15, -0.1) is 0 Å². The molecule has 1 aromatic heterocycles. The summed E-state index contributed by atoms with van der Waals surface area (Å²) in [6.45, 7) is 6.62. The van der Waals surface area contributed by atoms with E-state index in [0.717, 1.165) is 37.9 Å². The molecule has 1 saturated carbocycles. The number of imidazole rings is 1. The molecule has 3 rings (SSSR count). The van der Waals surface area contributed by atoms with Crippen LogP contribution in [0.2, 0.25) is 0 Å². The summed E-state index contributed by atoms with van der Waals surface area (Å²) in [6.07, 6.45) is 4.92. The maximum atomic E-state index is 4.80. The molecule has 2 atom stereocenters. The van der Waals surface area contributed by atoms with E-state index in [1.165, 1.54) is 30.1 Å². The Kier molecular flexibility index (Phi) is 2.51. The van der Waals surface area contributed by atoms with Crippen molar-refractivity contribution in [3.05, 3.63) is 17.2 Å². The second kappa shape index (κ2) is 3.88. The Balaban J connectivity index is 1.98. The Bertz CT molecular complexity index is 394. The van der Waals surface area contributed by atoms with Gasteiger partial charge in [-0.2, -0.15) is 0 Å². The summed E-state index contributed by atoms with van der Waals surface area (Å²) in [7, 11) is 0. The molecular formula is C13H21N3. The topological polar surface area (TPSA) is 29.9 Å². The Hall–Kier alpha value is -0.830. The quantitative estimate of drug-likeness (QED) is 0.843. The molecule has 0 spiro atoms. The molecular weight excluding hydrogens is 198 g/mol. The highest BCUT2D eigenvalue weighted by Gasteiger charge is 2.40. The van der Waals surface area contributed by atoms with E-state index in [9.17, 15) is 0 Å². The number of fused-ring (bicyclic) bond motifs is 1. The zero-order chi connectivity index (χ0) is 11.1. The molecule has 2 heterocycles. The third kappa shape index (κ3) is 1.49. The zero-order valence-electron chi connectivity index (χ0n) is 10.3. The summed E-state index contributed by atoms with van der Waals surface area (Å²) in [6, 6.07) is 0.772. The average molecular weight is 219 g/mol. The van der Waals surface area contributed by atoms with Crippen molar-refractivity contribution in [2.24, 2.45) is 5.92 Å². The Labute approximate surface area is 97.3 Å². The molecule has 1 N–H and O–H groups in total. The van der Waals surface area contributed by atoms with Gasteiger partial charge in [-0.05, 0) is 12.3 Å². The standard InChI is InChI=1S/C13H21N3/c1-3-9-7-12(9)16-11-5-6-14-8-10(11)15-13(16)4-2/h9,12,14H,3-8H2,1-2H3. The average Bonchev–Trinajstić information content (AvgIpc) is 3.01. The van der Waals surface area contributed by atoms with Crippen LogP contribution in [0, 0.1) is 5.92 Å². The summed E-state index contributed by atoms with van der Waals surface area (Å²) < 4.78 is 2.57. The first-order valence-corrected chi connectivity index (χ1v) is 6.64. The van der Waals surface area contributed by atoms with Gasteiger partial charge in [-0.3, -0.25) is 0 Å². The maximum Gasteiger partial charge on any atom is 0.109 e. The van der Waals surface area contributed by atoms with E-state index in [1.54, 1.807) is 0 Å². The highest BCUT2D eigenvalue weighted by atomic mass is 15.2. The van der Waals surface area contributed by atoms with Crippen LogP contribution in [-0.4, -0.2) is 16.1 Å². The van der Waals surface area contributed by atoms with E-state index in [0.29, 0.717) is 0 Å². The lowest BCUT2D eigenvalue weighted by Gasteiger charge is -2.16. The highest BCUT2D eigenvalue weighted by molar-refractivity contribution is 5.23. The van der Waals surface area contributed by atoms with Crippen molar-refractivity contribution in [1.29, 1.82) is 0 Å². The predicted octanol–water partition coefficient (Wildman–Crippen LogP) is 2.06. The minimum absolute atomic E-state index is 0.772. The maximum absolute atomic E-state index is 4.80. The molecule has 0 saturated heterocycles. The number of nitrogens with one attached hydrogen (secondary N) is 1. The van der Waals surface area contributed by atoms with Crippen LogP contribution < -0.4 is 5.32 Å². The first kappa shape index (κ1) is 10.3. The van der Waals surface area contributed by atoms with Crippen molar-refractivity contribution in [1.82, 2.24) is 14.9 Å². The number of nitrogens with zero attached hydrogens (tertiary/aromatic N) is 2. The Morgan fingerprint density at radius 2 is 2.31 bits per heavy atom. The van der Waals surface area contributed by atoms with Crippen molar-refractivity contribution in [3.8, 4) is 0 Å². The molecule has 1 aliphatic heterocycles. The first-order valence-electron chi connectivity index (χ1n) is 6.64. The van der Waals surface area contributed by atoms with Crippen LogP contribution in [0.15, 0.2) is 0 Å². The van der Waals surface area contributed by atoms with Crippen LogP contribution in [0.3, 0.4) is 0 Å². The van der Waals surface area contributed by atoms with Gasteiger partial charge in [0.15, 0.2) is 0 Å². The van der Waals surface area contributed by atoms with Crippen LogP contribution >= 0.6 is 0 Å². The Morgan fingerprint density at radius 3 is 3.00 bits per heavy atom. The molecule has 2 unspecified atom stereocenters.